The minimum atomic E-state index is -0.535. The van der Waals surface area contributed by atoms with E-state index in [4.69, 9.17) is 0 Å². The number of amides is 2. The van der Waals surface area contributed by atoms with Gasteiger partial charge >= 0.3 is 0 Å². The fourth-order valence-corrected chi connectivity index (χ4v) is 3.62. The zero-order valence-corrected chi connectivity index (χ0v) is 17.1. The van der Waals surface area contributed by atoms with Gasteiger partial charge in [0.15, 0.2) is 0 Å². The summed E-state index contributed by atoms with van der Waals surface area (Å²) in [7, 11) is 5.36. The minimum absolute atomic E-state index is 0.0260. The molecule has 2 aromatic rings. The summed E-state index contributed by atoms with van der Waals surface area (Å²) in [5.74, 6) is -0.563. The van der Waals surface area contributed by atoms with E-state index in [1.165, 1.54) is 24.7 Å². The first-order valence-electron chi connectivity index (χ1n) is 9.90. The Morgan fingerprint density at radius 1 is 1.17 bits per heavy atom. The molecule has 1 fully saturated rings. The SMILES string of the molecule is CNC(=O)c1ccc(CC(CNC(=O)[C@@H]2C[C@@H]2c2ccccc2)N(C)C)cc1F. The maximum atomic E-state index is 14.2. The first-order chi connectivity index (χ1) is 13.9. The van der Waals surface area contributed by atoms with Crippen molar-refractivity contribution in [2.45, 2.75) is 24.8 Å². The Morgan fingerprint density at radius 3 is 2.52 bits per heavy atom. The van der Waals surface area contributed by atoms with Crippen molar-refractivity contribution in [2.75, 3.05) is 27.7 Å². The Balaban J connectivity index is 1.56. The van der Waals surface area contributed by atoms with E-state index < -0.39 is 11.7 Å². The van der Waals surface area contributed by atoms with E-state index in [1.807, 2.05) is 37.2 Å². The van der Waals surface area contributed by atoms with Crippen molar-refractivity contribution in [3.8, 4) is 0 Å². The molecule has 0 radical (unpaired) electrons. The van der Waals surface area contributed by atoms with Gasteiger partial charge in [-0.25, -0.2) is 4.39 Å². The van der Waals surface area contributed by atoms with E-state index >= 15 is 0 Å². The molecular formula is C23H28FN3O2. The Hall–Kier alpha value is -2.73. The van der Waals surface area contributed by atoms with Crippen molar-refractivity contribution in [3.63, 3.8) is 0 Å². The third-order valence-corrected chi connectivity index (χ3v) is 5.57. The number of carbonyl (C=O) groups excluding carboxylic acids is 2. The highest BCUT2D eigenvalue weighted by Gasteiger charge is 2.43. The summed E-state index contributed by atoms with van der Waals surface area (Å²) < 4.78 is 14.2. The first-order valence-corrected chi connectivity index (χ1v) is 9.90. The monoisotopic (exact) mass is 397 g/mol. The Labute approximate surface area is 171 Å². The molecule has 0 aromatic heterocycles. The number of hydrogen-bond acceptors (Lipinski definition) is 3. The molecule has 29 heavy (non-hydrogen) atoms. The average molecular weight is 397 g/mol. The number of hydrogen-bond donors (Lipinski definition) is 2. The lowest BCUT2D eigenvalue weighted by molar-refractivity contribution is -0.122. The standard InChI is InChI=1S/C23H28FN3O2/c1-25-22(28)18-10-9-15(12-21(18)24)11-17(27(2)3)14-26-23(29)20-13-19(20)16-7-5-4-6-8-16/h4-10,12,17,19-20H,11,13-14H2,1-3H3,(H,25,28)(H,26,29)/t17?,19-,20-/m1/s1. The van der Waals surface area contributed by atoms with E-state index in [9.17, 15) is 14.0 Å². The first kappa shape index (κ1) is 21.0. The van der Waals surface area contributed by atoms with Gasteiger partial charge in [-0.3, -0.25) is 9.59 Å². The summed E-state index contributed by atoms with van der Waals surface area (Å²) in [6.45, 7) is 0.489. The Morgan fingerprint density at radius 2 is 1.90 bits per heavy atom. The molecule has 0 spiro atoms. The van der Waals surface area contributed by atoms with Gasteiger partial charge in [0.25, 0.3) is 5.91 Å². The molecule has 3 rings (SSSR count). The summed E-state index contributed by atoms with van der Waals surface area (Å²) in [5, 5.41) is 5.49. The van der Waals surface area contributed by atoms with Gasteiger partial charge in [0.2, 0.25) is 5.91 Å². The molecular weight excluding hydrogens is 369 g/mol. The van der Waals surface area contributed by atoms with Crippen molar-refractivity contribution in [2.24, 2.45) is 5.92 Å². The number of nitrogens with one attached hydrogen (secondary N) is 2. The summed E-state index contributed by atoms with van der Waals surface area (Å²) in [6.07, 6.45) is 1.46. The molecule has 154 valence electrons. The minimum Gasteiger partial charge on any atom is -0.355 e. The summed E-state index contributed by atoms with van der Waals surface area (Å²) >= 11 is 0. The fourth-order valence-electron chi connectivity index (χ4n) is 3.62. The number of carbonyl (C=O) groups is 2. The lowest BCUT2D eigenvalue weighted by Crippen LogP contribution is -2.42. The Bertz CT molecular complexity index is 870. The van der Waals surface area contributed by atoms with Crippen LogP contribution in [0.3, 0.4) is 0 Å². The molecule has 6 heteroatoms. The second-order valence-corrected chi connectivity index (χ2v) is 7.82. The van der Waals surface area contributed by atoms with Gasteiger partial charge in [-0.15, -0.1) is 0 Å². The average Bonchev–Trinajstić information content (AvgIpc) is 3.52. The van der Waals surface area contributed by atoms with Crippen LogP contribution in [0.15, 0.2) is 48.5 Å². The van der Waals surface area contributed by atoms with E-state index in [1.54, 1.807) is 6.07 Å². The van der Waals surface area contributed by atoms with Gasteiger partial charge in [-0.1, -0.05) is 36.4 Å². The van der Waals surface area contributed by atoms with Crippen molar-refractivity contribution in [3.05, 3.63) is 71.0 Å². The quantitative estimate of drug-likeness (QED) is 0.720. The molecule has 3 atom stereocenters. The fraction of sp³-hybridized carbons (Fsp3) is 0.391. The zero-order chi connectivity index (χ0) is 21.0. The Kier molecular flexibility index (Phi) is 6.64. The predicted octanol–water partition coefficient (Wildman–Crippen LogP) is 2.58. The number of rotatable bonds is 8. The molecule has 1 saturated carbocycles. The maximum Gasteiger partial charge on any atom is 0.253 e. The van der Waals surface area contributed by atoms with E-state index in [-0.39, 0.29) is 23.4 Å². The van der Waals surface area contributed by atoms with Crippen LogP contribution in [0.4, 0.5) is 4.39 Å². The topological polar surface area (TPSA) is 61.4 Å². The van der Waals surface area contributed by atoms with Crippen molar-refractivity contribution >= 4 is 11.8 Å². The van der Waals surface area contributed by atoms with Crippen LogP contribution >= 0.6 is 0 Å². The van der Waals surface area contributed by atoms with Crippen LogP contribution in [0.2, 0.25) is 0 Å². The summed E-state index contributed by atoms with van der Waals surface area (Å²) in [4.78, 5) is 26.2. The highest BCUT2D eigenvalue weighted by Crippen LogP contribution is 2.47. The third kappa shape index (κ3) is 5.21. The van der Waals surface area contributed by atoms with Crippen LogP contribution in [0.1, 0.15) is 33.8 Å². The molecule has 2 amide bonds. The van der Waals surface area contributed by atoms with Gasteiger partial charge in [0.05, 0.1) is 5.56 Å². The van der Waals surface area contributed by atoms with Gasteiger partial charge in [-0.05, 0) is 56.1 Å². The molecule has 2 aromatic carbocycles. The highest BCUT2D eigenvalue weighted by molar-refractivity contribution is 5.94. The van der Waals surface area contributed by atoms with Crippen LogP contribution in [-0.2, 0) is 11.2 Å². The lowest BCUT2D eigenvalue weighted by atomic mass is 10.0. The molecule has 1 unspecified atom stereocenters. The largest absolute Gasteiger partial charge is 0.355 e. The van der Waals surface area contributed by atoms with Crippen LogP contribution in [0.5, 0.6) is 0 Å². The van der Waals surface area contributed by atoms with Crippen molar-refractivity contribution in [1.82, 2.24) is 15.5 Å². The van der Waals surface area contributed by atoms with Gasteiger partial charge < -0.3 is 15.5 Å². The summed E-state index contributed by atoms with van der Waals surface area (Å²) in [6, 6.07) is 14.8. The second kappa shape index (κ2) is 9.18. The zero-order valence-electron chi connectivity index (χ0n) is 17.1. The molecule has 0 saturated heterocycles. The van der Waals surface area contributed by atoms with E-state index in [0.29, 0.717) is 18.9 Å². The van der Waals surface area contributed by atoms with Gasteiger partial charge in [0.1, 0.15) is 5.82 Å². The van der Waals surface area contributed by atoms with Crippen LogP contribution in [0, 0.1) is 11.7 Å². The second-order valence-electron chi connectivity index (χ2n) is 7.82. The van der Waals surface area contributed by atoms with Gasteiger partial charge in [0, 0.05) is 25.6 Å². The maximum absolute atomic E-state index is 14.2. The van der Waals surface area contributed by atoms with E-state index in [0.717, 1.165) is 12.0 Å². The van der Waals surface area contributed by atoms with E-state index in [2.05, 4.69) is 22.8 Å². The number of benzene rings is 2. The third-order valence-electron chi connectivity index (χ3n) is 5.57. The van der Waals surface area contributed by atoms with Crippen LogP contribution in [0.25, 0.3) is 0 Å². The van der Waals surface area contributed by atoms with Crippen molar-refractivity contribution in [1.29, 1.82) is 0 Å². The van der Waals surface area contributed by atoms with Crippen molar-refractivity contribution < 1.29 is 14.0 Å². The number of halogens is 1. The smallest absolute Gasteiger partial charge is 0.253 e. The molecule has 1 aliphatic rings. The molecule has 0 bridgehead atoms. The highest BCUT2D eigenvalue weighted by atomic mass is 19.1. The molecule has 0 heterocycles. The lowest BCUT2D eigenvalue weighted by Gasteiger charge is -2.25. The molecule has 5 nitrogen and oxygen atoms in total. The summed E-state index contributed by atoms with van der Waals surface area (Å²) in [5.41, 5.74) is 2.03. The predicted molar refractivity (Wildman–Crippen MR) is 111 cm³/mol. The number of likely N-dealkylation sites (N-methyl/N-ethyl adjacent to an activating group) is 1. The molecule has 0 aliphatic heterocycles. The van der Waals surface area contributed by atoms with Crippen LogP contribution in [-0.4, -0.2) is 50.4 Å². The number of nitrogens with zero attached hydrogens (tertiary/aromatic N) is 1. The normalized spacial score (nSPS) is 18.9. The molecule has 2 N–H and O–H groups in total. The van der Waals surface area contributed by atoms with Gasteiger partial charge in [-0.2, -0.15) is 0 Å². The molecule has 1 aliphatic carbocycles. The van der Waals surface area contributed by atoms with Crippen LogP contribution < -0.4 is 10.6 Å².